The van der Waals surface area contributed by atoms with Gasteiger partial charge in [0.15, 0.2) is 0 Å². The maximum Gasteiger partial charge on any atom is 0.127 e. The van der Waals surface area contributed by atoms with Crippen LogP contribution in [0, 0.1) is 11.6 Å². The second kappa shape index (κ2) is 7.01. The predicted octanol–water partition coefficient (Wildman–Crippen LogP) is 3.51. The monoisotopic (exact) mass is 276 g/mol. The van der Waals surface area contributed by atoms with Gasteiger partial charge in [0.05, 0.1) is 0 Å². The minimum atomic E-state index is -0.255. The fourth-order valence-corrected chi connectivity index (χ4v) is 1.99. The van der Waals surface area contributed by atoms with E-state index in [1.165, 1.54) is 18.2 Å². The number of halogens is 2. The van der Waals surface area contributed by atoms with Crippen molar-refractivity contribution in [1.82, 2.24) is 4.90 Å². The Morgan fingerprint density at radius 3 is 2.60 bits per heavy atom. The van der Waals surface area contributed by atoms with Gasteiger partial charge in [-0.15, -0.1) is 0 Å². The molecule has 0 aliphatic carbocycles. The van der Waals surface area contributed by atoms with Gasteiger partial charge in [-0.2, -0.15) is 0 Å². The van der Waals surface area contributed by atoms with Crippen LogP contribution in [0.4, 0.5) is 14.5 Å². The van der Waals surface area contributed by atoms with Crippen molar-refractivity contribution < 1.29 is 8.78 Å². The van der Waals surface area contributed by atoms with E-state index in [-0.39, 0.29) is 11.6 Å². The van der Waals surface area contributed by atoms with Gasteiger partial charge in [0.25, 0.3) is 0 Å². The average Bonchev–Trinajstić information content (AvgIpc) is 2.41. The minimum absolute atomic E-state index is 0.183. The zero-order valence-electron chi connectivity index (χ0n) is 11.4. The number of nitrogens with one attached hydrogen (secondary N) is 1. The molecule has 0 aliphatic heterocycles. The molecule has 0 bridgehead atoms. The summed E-state index contributed by atoms with van der Waals surface area (Å²) >= 11 is 0. The summed E-state index contributed by atoms with van der Waals surface area (Å²) in [4.78, 5) is 2.02. The summed E-state index contributed by atoms with van der Waals surface area (Å²) < 4.78 is 26.5. The van der Waals surface area contributed by atoms with Crippen LogP contribution in [-0.2, 0) is 6.54 Å². The first-order valence-electron chi connectivity index (χ1n) is 6.56. The standard InChI is InChI=1S/C16H18F2N2/c1-20(12-13-5-2-3-8-16(13)18)10-9-19-15-7-4-6-14(17)11-15/h2-8,11,19H,9-10,12H2,1H3. The summed E-state index contributed by atoms with van der Waals surface area (Å²) in [5, 5.41) is 3.14. The molecule has 2 nitrogen and oxygen atoms in total. The van der Waals surface area contributed by atoms with Gasteiger partial charge in [0.1, 0.15) is 11.6 Å². The Labute approximate surface area is 118 Å². The average molecular weight is 276 g/mol. The summed E-state index contributed by atoms with van der Waals surface area (Å²) in [6, 6.07) is 13.1. The molecule has 0 heterocycles. The molecule has 0 unspecified atom stereocenters. The maximum absolute atomic E-state index is 13.5. The molecule has 0 spiro atoms. The molecule has 20 heavy (non-hydrogen) atoms. The maximum atomic E-state index is 13.5. The Kier molecular flexibility index (Phi) is 5.07. The lowest BCUT2D eigenvalue weighted by molar-refractivity contribution is 0.334. The summed E-state index contributed by atoms with van der Waals surface area (Å²) in [5.74, 6) is -0.438. The number of nitrogens with zero attached hydrogens (tertiary/aromatic N) is 1. The van der Waals surface area contributed by atoms with Crippen molar-refractivity contribution in [3.63, 3.8) is 0 Å². The minimum Gasteiger partial charge on any atom is -0.384 e. The number of hydrogen-bond acceptors (Lipinski definition) is 2. The first kappa shape index (κ1) is 14.5. The van der Waals surface area contributed by atoms with Crippen molar-refractivity contribution in [3.8, 4) is 0 Å². The second-order valence-corrected chi connectivity index (χ2v) is 4.77. The smallest absolute Gasteiger partial charge is 0.127 e. The normalized spacial score (nSPS) is 10.8. The van der Waals surface area contributed by atoms with Crippen molar-refractivity contribution >= 4 is 5.69 Å². The van der Waals surface area contributed by atoms with E-state index < -0.39 is 0 Å². The lowest BCUT2D eigenvalue weighted by atomic mass is 10.2. The number of hydrogen-bond donors (Lipinski definition) is 1. The molecule has 0 fully saturated rings. The van der Waals surface area contributed by atoms with Gasteiger partial charge in [0, 0.05) is 30.9 Å². The third kappa shape index (κ3) is 4.31. The van der Waals surface area contributed by atoms with Crippen molar-refractivity contribution in [3.05, 3.63) is 65.7 Å². The molecular weight excluding hydrogens is 258 g/mol. The number of anilines is 1. The van der Waals surface area contributed by atoms with Crippen LogP contribution in [0.1, 0.15) is 5.56 Å². The number of rotatable bonds is 6. The Morgan fingerprint density at radius 1 is 1.05 bits per heavy atom. The molecule has 2 rings (SSSR count). The van der Waals surface area contributed by atoms with Gasteiger partial charge in [-0.05, 0) is 31.3 Å². The molecule has 2 aromatic carbocycles. The largest absolute Gasteiger partial charge is 0.384 e. The van der Waals surface area contributed by atoms with Crippen LogP contribution < -0.4 is 5.32 Å². The van der Waals surface area contributed by atoms with Gasteiger partial charge in [0.2, 0.25) is 0 Å². The van der Waals surface area contributed by atoms with Crippen LogP contribution >= 0.6 is 0 Å². The highest BCUT2D eigenvalue weighted by molar-refractivity contribution is 5.42. The molecule has 0 amide bonds. The highest BCUT2D eigenvalue weighted by atomic mass is 19.1. The van der Waals surface area contributed by atoms with E-state index in [1.807, 2.05) is 24.1 Å². The number of likely N-dealkylation sites (N-methyl/N-ethyl adjacent to an activating group) is 1. The Morgan fingerprint density at radius 2 is 1.85 bits per heavy atom. The van der Waals surface area contributed by atoms with E-state index in [4.69, 9.17) is 0 Å². The van der Waals surface area contributed by atoms with Crippen LogP contribution in [0.15, 0.2) is 48.5 Å². The van der Waals surface area contributed by atoms with Crippen LogP contribution in [0.2, 0.25) is 0 Å². The van der Waals surface area contributed by atoms with Crippen molar-refractivity contribution in [2.75, 3.05) is 25.5 Å². The van der Waals surface area contributed by atoms with Gasteiger partial charge < -0.3 is 10.2 Å². The Balaban J connectivity index is 1.78. The quantitative estimate of drug-likeness (QED) is 0.868. The van der Waals surface area contributed by atoms with Crippen LogP contribution in [-0.4, -0.2) is 25.0 Å². The lowest BCUT2D eigenvalue weighted by Crippen LogP contribution is -2.25. The zero-order chi connectivity index (χ0) is 14.4. The molecule has 0 saturated carbocycles. The molecule has 2 aromatic rings. The first-order chi connectivity index (χ1) is 9.65. The first-order valence-corrected chi connectivity index (χ1v) is 6.56. The van der Waals surface area contributed by atoms with Crippen LogP contribution in [0.3, 0.4) is 0 Å². The predicted molar refractivity (Wildman–Crippen MR) is 77.6 cm³/mol. The molecule has 0 aliphatic rings. The summed E-state index contributed by atoms with van der Waals surface area (Å²) in [6.45, 7) is 1.97. The van der Waals surface area contributed by atoms with Gasteiger partial charge >= 0.3 is 0 Å². The fourth-order valence-electron chi connectivity index (χ4n) is 1.99. The van der Waals surface area contributed by atoms with Gasteiger partial charge in [-0.1, -0.05) is 24.3 Å². The molecular formula is C16H18F2N2. The van der Waals surface area contributed by atoms with E-state index in [0.29, 0.717) is 18.7 Å². The molecule has 4 heteroatoms. The topological polar surface area (TPSA) is 15.3 Å². The van der Waals surface area contributed by atoms with Crippen molar-refractivity contribution in [2.24, 2.45) is 0 Å². The van der Waals surface area contributed by atoms with E-state index in [0.717, 1.165) is 12.2 Å². The Hall–Kier alpha value is -1.94. The van der Waals surface area contributed by atoms with Crippen LogP contribution in [0.25, 0.3) is 0 Å². The number of benzene rings is 2. The van der Waals surface area contributed by atoms with Gasteiger partial charge in [-0.25, -0.2) is 8.78 Å². The van der Waals surface area contributed by atoms with E-state index >= 15 is 0 Å². The fraction of sp³-hybridized carbons (Fsp3) is 0.250. The molecule has 106 valence electrons. The molecule has 0 radical (unpaired) electrons. The van der Waals surface area contributed by atoms with Gasteiger partial charge in [-0.3, -0.25) is 0 Å². The highest BCUT2D eigenvalue weighted by Gasteiger charge is 2.04. The summed E-state index contributed by atoms with van der Waals surface area (Å²) in [6.07, 6.45) is 0. The highest BCUT2D eigenvalue weighted by Crippen LogP contribution is 2.10. The second-order valence-electron chi connectivity index (χ2n) is 4.77. The molecule has 0 atom stereocenters. The molecule has 0 aromatic heterocycles. The van der Waals surface area contributed by atoms with Crippen LogP contribution in [0.5, 0.6) is 0 Å². The molecule has 1 N–H and O–H groups in total. The van der Waals surface area contributed by atoms with E-state index in [2.05, 4.69) is 5.32 Å². The zero-order valence-corrected chi connectivity index (χ0v) is 11.4. The third-order valence-corrected chi connectivity index (χ3v) is 3.05. The third-order valence-electron chi connectivity index (χ3n) is 3.05. The Bertz CT molecular complexity index is 558. The lowest BCUT2D eigenvalue weighted by Gasteiger charge is -2.17. The molecule has 0 saturated heterocycles. The summed E-state index contributed by atoms with van der Waals surface area (Å²) in [5.41, 5.74) is 1.44. The summed E-state index contributed by atoms with van der Waals surface area (Å²) in [7, 11) is 1.93. The SMILES string of the molecule is CN(CCNc1cccc(F)c1)Cc1ccccc1F. The van der Waals surface area contributed by atoms with Crippen molar-refractivity contribution in [2.45, 2.75) is 6.54 Å². The van der Waals surface area contributed by atoms with E-state index in [1.54, 1.807) is 18.2 Å². The van der Waals surface area contributed by atoms with E-state index in [9.17, 15) is 8.78 Å². The van der Waals surface area contributed by atoms with Crippen molar-refractivity contribution in [1.29, 1.82) is 0 Å².